The van der Waals surface area contributed by atoms with E-state index in [1.54, 1.807) is 17.1 Å². The van der Waals surface area contributed by atoms with E-state index in [-0.39, 0.29) is 0 Å². The van der Waals surface area contributed by atoms with Crippen molar-refractivity contribution < 1.29 is 0 Å². The maximum atomic E-state index is 4.62. The van der Waals surface area contributed by atoms with E-state index < -0.39 is 0 Å². The Morgan fingerprint density at radius 1 is 1.12 bits per heavy atom. The fraction of sp³-hybridized carbons (Fsp3) is 0.471. The van der Waals surface area contributed by atoms with Crippen LogP contribution in [0, 0.1) is 13.8 Å². The molecule has 1 N–H and O–H groups in total. The van der Waals surface area contributed by atoms with E-state index in [1.807, 2.05) is 19.9 Å². The van der Waals surface area contributed by atoms with Gasteiger partial charge in [-0.2, -0.15) is 5.10 Å². The van der Waals surface area contributed by atoms with E-state index in [0.29, 0.717) is 18.2 Å². The summed E-state index contributed by atoms with van der Waals surface area (Å²) in [5, 5.41) is 16.4. The Morgan fingerprint density at radius 2 is 2.04 bits per heavy atom. The standard InChI is InChI=1S/C17H22N8/c1-12-8-13(2)25(23-12)16-10-18-9-14(20-16)19-11-17-22-21-15-6-4-3-5-7-24(15)17/h8-10H,3-7,11H2,1-2H3,(H,19,20). The number of aryl methyl sites for hydroxylation is 3. The third-order valence-corrected chi connectivity index (χ3v) is 4.46. The predicted octanol–water partition coefficient (Wildman–Crippen LogP) is 2.21. The molecule has 0 spiro atoms. The number of anilines is 1. The zero-order valence-corrected chi connectivity index (χ0v) is 14.6. The highest BCUT2D eigenvalue weighted by Gasteiger charge is 2.14. The third kappa shape index (κ3) is 3.24. The number of nitrogens with zero attached hydrogens (tertiary/aromatic N) is 7. The Balaban J connectivity index is 1.52. The van der Waals surface area contributed by atoms with E-state index in [2.05, 4.69) is 35.1 Å². The fourth-order valence-corrected chi connectivity index (χ4v) is 3.25. The number of nitrogens with one attached hydrogen (secondary N) is 1. The summed E-state index contributed by atoms with van der Waals surface area (Å²) in [6.45, 7) is 5.56. The molecule has 4 rings (SSSR count). The molecule has 0 atom stereocenters. The summed E-state index contributed by atoms with van der Waals surface area (Å²) >= 11 is 0. The molecular formula is C17H22N8. The maximum absolute atomic E-state index is 4.62. The van der Waals surface area contributed by atoms with Crippen LogP contribution < -0.4 is 5.32 Å². The van der Waals surface area contributed by atoms with Crippen molar-refractivity contribution in [2.24, 2.45) is 0 Å². The second-order valence-electron chi connectivity index (χ2n) is 6.45. The first kappa shape index (κ1) is 15.7. The number of hydrogen-bond donors (Lipinski definition) is 1. The first-order chi connectivity index (χ1) is 12.2. The molecule has 8 heteroatoms. The normalized spacial score (nSPS) is 14.2. The van der Waals surface area contributed by atoms with Gasteiger partial charge in [-0.1, -0.05) is 6.42 Å². The van der Waals surface area contributed by atoms with E-state index >= 15 is 0 Å². The van der Waals surface area contributed by atoms with Crippen LogP contribution in [0.1, 0.15) is 42.3 Å². The van der Waals surface area contributed by atoms with Crippen LogP contribution in [0.3, 0.4) is 0 Å². The highest BCUT2D eigenvalue weighted by molar-refractivity contribution is 5.36. The zero-order chi connectivity index (χ0) is 17.2. The average Bonchev–Trinajstić information content (AvgIpc) is 3.06. The second-order valence-corrected chi connectivity index (χ2v) is 6.45. The highest BCUT2D eigenvalue weighted by Crippen LogP contribution is 2.16. The summed E-state index contributed by atoms with van der Waals surface area (Å²) < 4.78 is 4.04. The summed E-state index contributed by atoms with van der Waals surface area (Å²) in [6.07, 6.45) is 8.09. The van der Waals surface area contributed by atoms with Crippen molar-refractivity contribution in [1.29, 1.82) is 0 Å². The number of fused-ring (bicyclic) bond motifs is 1. The molecular weight excluding hydrogens is 316 g/mol. The van der Waals surface area contributed by atoms with Crippen molar-refractivity contribution in [3.05, 3.63) is 41.5 Å². The highest BCUT2D eigenvalue weighted by atomic mass is 15.3. The summed E-state index contributed by atoms with van der Waals surface area (Å²) in [4.78, 5) is 8.90. The SMILES string of the molecule is Cc1cc(C)n(-c2cncc(NCc3nnc4n3CCCCC4)n2)n1. The Hall–Kier alpha value is -2.77. The molecule has 0 bridgehead atoms. The Morgan fingerprint density at radius 3 is 2.88 bits per heavy atom. The first-order valence-corrected chi connectivity index (χ1v) is 8.71. The second kappa shape index (κ2) is 6.62. The topological polar surface area (TPSA) is 86.3 Å². The van der Waals surface area contributed by atoms with Gasteiger partial charge in [-0.25, -0.2) is 9.67 Å². The van der Waals surface area contributed by atoms with Crippen LogP contribution in [-0.2, 0) is 19.5 Å². The largest absolute Gasteiger partial charge is 0.361 e. The molecule has 0 saturated carbocycles. The van der Waals surface area contributed by atoms with Gasteiger partial charge in [0.1, 0.15) is 11.6 Å². The quantitative estimate of drug-likeness (QED) is 0.785. The number of rotatable bonds is 4. The van der Waals surface area contributed by atoms with E-state index in [4.69, 9.17) is 0 Å². The molecule has 0 unspecified atom stereocenters. The average molecular weight is 338 g/mol. The molecule has 1 aliphatic rings. The fourth-order valence-electron chi connectivity index (χ4n) is 3.25. The van der Waals surface area contributed by atoms with Gasteiger partial charge in [0.2, 0.25) is 0 Å². The van der Waals surface area contributed by atoms with Gasteiger partial charge in [0.15, 0.2) is 11.6 Å². The van der Waals surface area contributed by atoms with Crippen molar-refractivity contribution >= 4 is 5.82 Å². The van der Waals surface area contributed by atoms with Crippen molar-refractivity contribution in [2.75, 3.05) is 5.32 Å². The lowest BCUT2D eigenvalue weighted by molar-refractivity contribution is 0.609. The molecule has 0 aliphatic carbocycles. The van der Waals surface area contributed by atoms with Gasteiger partial charge in [-0.05, 0) is 32.8 Å². The van der Waals surface area contributed by atoms with Gasteiger partial charge in [-0.15, -0.1) is 10.2 Å². The van der Waals surface area contributed by atoms with Crippen molar-refractivity contribution in [1.82, 2.24) is 34.5 Å². The summed E-state index contributed by atoms with van der Waals surface area (Å²) in [6, 6.07) is 2.02. The third-order valence-electron chi connectivity index (χ3n) is 4.46. The molecule has 4 heterocycles. The summed E-state index contributed by atoms with van der Waals surface area (Å²) in [7, 11) is 0. The zero-order valence-electron chi connectivity index (χ0n) is 14.6. The van der Waals surface area contributed by atoms with Crippen molar-refractivity contribution in [3.8, 4) is 5.82 Å². The van der Waals surface area contributed by atoms with Crippen molar-refractivity contribution in [2.45, 2.75) is 52.6 Å². The van der Waals surface area contributed by atoms with Crippen LogP contribution in [0.15, 0.2) is 18.5 Å². The minimum Gasteiger partial charge on any atom is -0.361 e. The smallest absolute Gasteiger partial charge is 0.174 e. The van der Waals surface area contributed by atoms with Gasteiger partial charge in [0.05, 0.1) is 24.6 Å². The minimum atomic E-state index is 0.586. The number of hydrogen-bond acceptors (Lipinski definition) is 6. The van der Waals surface area contributed by atoms with Gasteiger partial charge in [-0.3, -0.25) is 4.98 Å². The van der Waals surface area contributed by atoms with Crippen LogP contribution >= 0.6 is 0 Å². The molecule has 0 radical (unpaired) electrons. The van der Waals surface area contributed by atoms with Gasteiger partial charge >= 0.3 is 0 Å². The van der Waals surface area contributed by atoms with E-state index in [9.17, 15) is 0 Å². The van der Waals surface area contributed by atoms with Crippen LogP contribution in [0.4, 0.5) is 5.82 Å². The van der Waals surface area contributed by atoms with Gasteiger partial charge in [0, 0.05) is 18.7 Å². The van der Waals surface area contributed by atoms with Crippen LogP contribution in [0.2, 0.25) is 0 Å². The van der Waals surface area contributed by atoms with E-state index in [0.717, 1.165) is 36.0 Å². The molecule has 0 fully saturated rings. The molecule has 25 heavy (non-hydrogen) atoms. The Kier molecular flexibility index (Phi) is 4.17. The lowest BCUT2D eigenvalue weighted by atomic mass is 10.2. The predicted molar refractivity (Wildman–Crippen MR) is 93.5 cm³/mol. The number of aromatic nitrogens is 7. The van der Waals surface area contributed by atoms with Crippen molar-refractivity contribution in [3.63, 3.8) is 0 Å². The molecule has 1 aliphatic heterocycles. The van der Waals surface area contributed by atoms with E-state index in [1.165, 1.54) is 19.3 Å². The molecule has 0 amide bonds. The molecule has 8 nitrogen and oxygen atoms in total. The lowest BCUT2D eigenvalue weighted by Crippen LogP contribution is -2.12. The molecule has 0 saturated heterocycles. The first-order valence-electron chi connectivity index (χ1n) is 8.71. The monoisotopic (exact) mass is 338 g/mol. The Bertz CT molecular complexity index is 879. The summed E-state index contributed by atoms with van der Waals surface area (Å²) in [5.41, 5.74) is 2.00. The van der Waals surface area contributed by atoms with Crippen LogP contribution in [0.5, 0.6) is 0 Å². The minimum absolute atomic E-state index is 0.586. The molecule has 3 aromatic heterocycles. The van der Waals surface area contributed by atoms with Gasteiger partial charge < -0.3 is 9.88 Å². The molecule has 130 valence electrons. The van der Waals surface area contributed by atoms with Gasteiger partial charge in [0.25, 0.3) is 0 Å². The van der Waals surface area contributed by atoms with Crippen LogP contribution in [-0.4, -0.2) is 34.5 Å². The Labute approximate surface area is 146 Å². The van der Waals surface area contributed by atoms with Crippen LogP contribution in [0.25, 0.3) is 5.82 Å². The maximum Gasteiger partial charge on any atom is 0.174 e. The summed E-state index contributed by atoms with van der Waals surface area (Å²) in [5.74, 6) is 3.46. The molecule has 0 aromatic carbocycles. The lowest BCUT2D eigenvalue weighted by Gasteiger charge is -2.09. The molecule has 3 aromatic rings.